The molecule has 0 unspecified atom stereocenters. The summed E-state index contributed by atoms with van der Waals surface area (Å²) >= 11 is 0. The molecule has 4 rings (SSSR count). The molecule has 0 saturated carbocycles. The fourth-order valence-corrected chi connectivity index (χ4v) is 3.71. The van der Waals surface area contributed by atoms with Crippen LogP contribution in [0.5, 0.6) is 5.88 Å². The molecule has 0 radical (unpaired) electrons. The summed E-state index contributed by atoms with van der Waals surface area (Å²) in [6.07, 6.45) is 6.38. The van der Waals surface area contributed by atoms with Gasteiger partial charge in [-0.25, -0.2) is 4.98 Å². The summed E-state index contributed by atoms with van der Waals surface area (Å²) in [5.74, 6) is 0.491. The molecule has 2 heterocycles. The van der Waals surface area contributed by atoms with Gasteiger partial charge in [-0.1, -0.05) is 6.07 Å². The van der Waals surface area contributed by atoms with Crippen LogP contribution < -0.4 is 10.1 Å². The summed E-state index contributed by atoms with van der Waals surface area (Å²) in [6.45, 7) is 4.31. The first-order valence-corrected chi connectivity index (χ1v) is 9.64. The molecular weight excluding hydrogens is 338 g/mol. The van der Waals surface area contributed by atoms with Gasteiger partial charge in [0.05, 0.1) is 6.10 Å². The quantitative estimate of drug-likeness (QED) is 0.715. The second kappa shape index (κ2) is 7.43. The van der Waals surface area contributed by atoms with E-state index in [0.717, 1.165) is 23.9 Å². The van der Waals surface area contributed by atoms with E-state index in [1.165, 1.54) is 29.5 Å². The number of hydrogen-bond acceptors (Lipinski definition) is 3. The highest BCUT2D eigenvalue weighted by atomic mass is 16.5. The number of ether oxygens (including phenoxy) is 1. The summed E-state index contributed by atoms with van der Waals surface area (Å²) in [6, 6.07) is 9.69. The Balaban J connectivity index is 1.52. The fourth-order valence-electron chi connectivity index (χ4n) is 3.71. The maximum atomic E-state index is 12.7. The molecule has 1 aliphatic carbocycles. The van der Waals surface area contributed by atoms with Crippen LogP contribution in [-0.4, -0.2) is 22.0 Å². The predicted molar refractivity (Wildman–Crippen MR) is 106 cm³/mol. The van der Waals surface area contributed by atoms with E-state index in [0.29, 0.717) is 18.0 Å². The number of nitrogens with zero attached hydrogens (tertiary/aromatic N) is 1. The van der Waals surface area contributed by atoms with Crippen LogP contribution >= 0.6 is 0 Å². The summed E-state index contributed by atoms with van der Waals surface area (Å²) in [5, 5.41) is 4.18. The Morgan fingerprint density at radius 3 is 2.96 bits per heavy atom. The Labute approximate surface area is 159 Å². The lowest BCUT2D eigenvalue weighted by atomic mass is 9.95. The van der Waals surface area contributed by atoms with Crippen LogP contribution in [0.25, 0.3) is 10.9 Å². The molecule has 140 valence electrons. The van der Waals surface area contributed by atoms with Gasteiger partial charge in [0.2, 0.25) is 5.88 Å². The molecule has 0 saturated heterocycles. The Morgan fingerprint density at radius 1 is 1.26 bits per heavy atom. The Bertz CT molecular complexity index is 975. The Morgan fingerprint density at radius 2 is 2.11 bits per heavy atom. The molecule has 0 bridgehead atoms. The average Bonchev–Trinajstić information content (AvgIpc) is 3.04. The topological polar surface area (TPSA) is 67.0 Å². The van der Waals surface area contributed by atoms with Crippen LogP contribution in [-0.2, 0) is 19.4 Å². The van der Waals surface area contributed by atoms with Crippen molar-refractivity contribution in [3.05, 3.63) is 58.9 Å². The van der Waals surface area contributed by atoms with Crippen LogP contribution in [0.4, 0.5) is 0 Å². The standard InChI is InChI=1S/C22H25N3O2/c1-14(2)27-22-16(6-5-11-23-22)13-24-21(26)15-9-10-20-18(12-15)17-7-3-4-8-19(17)25-20/h5-6,9-12,14,25H,3-4,7-8,13H2,1-2H3,(H,24,26). The average molecular weight is 363 g/mol. The molecule has 0 aliphatic heterocycles. The highest BCUT2D eigenvalue weighted by Gasteiger charge is 2.17. The van der Waals surface area contributed by atoms with Gasteiger partial charge in [-0.3, -0.25) is 4.79 Å². The molecule has 1 amide bonds. The molecule has 5 nitrogen and oxygen atoms in total. The first-order valence-electron chi connectivity index (χ1n) is 9.64. The number of H-pyrrole nitrogens is 1. The van der Waals surface area contributed by atoms with Crippen molar-refractivity contribution in [3.8, 4) is 5.88 Å². The fraction of sp³-hybridized carbons (Fsp3) is 0.364. The minimum absolute atomic E-state index is 0.0385. The van der Waals surface area contributed by atoms with E-state index in [2.05, 4.69) is 15.3 Å². The molecule has 0 atom stereocenters. The summed E-state index contributed by atoms with van der Waals surface area (Å²) in [4.78, 5) is 20.5. The van der Waals surface area contributed by atoms with E-state index in [9.17, 15) is 4.79 Å². The first-order chi connectivity index (χ1) is 13.1. The zero-order valence-electron chi connectivity index (χ0n) is 15.8. The molecule has 3 aromatic rings. The van der Waals surface area contributed by atoms with E-state index in [-0.39, 0.29) is 12.0 Å². The summed E-state index contributed by atoms with van der Waals surface area (Å²) in [5.41, 5.74) is 5.40. The second-order valence-electron chi connectivity index (χ2n) is 7.37. The van der Waals surface area contributed by atoms with Gasteiger partial charge >= 0.3 is 0 Å². The van der Waals surface area contributed by atoms with Crippen molar-refractivity contribution < 1.29 is 9.53 Å². The number of benzene rings is 1. The van der Waals surface area contributed by atoms with Gasteiger partial charge in [0, 0.05) is 40.5 Å². The zero-order valence-corrected chi connectivity index (χ0v) is 15.8. The van der Waals surface area contributed by atoms with Crippen molar-refractivity contribution >= 4 is 16.8 Å². The van der Waals surface area contributed by atoms with Crippen LogP contribution in [0, 0.1) is 0 Å². The van der Waals surface area contributed by atoms with Gasteiger partial charge in [0.15, 0.2) is 0 Å². The number of amides is 1. The lowest BCUT2D eigenvalue weighted by Gasteiger charge is -2.13. The number of aromatic nitrogens is 2. The number of rotatable bonds is 5. The van der Waals surface area contributed by atoms with Crippen molar-refractivity contribution in [2.45, 2.75) is 52.2 Å². The third-order valence-corrected chi connectivity index (χ3v) is 5.00. The van der Waals surface area contributed by atoms with Crippen LogP contribution in [0.1, 0.15) is 53.9 Å². The SMILES string of the molecule is CC(C)Oc1ncccc1CNC(=O)c1ccc2[nH]c3c(c2c1)CCCC3. The normalized spacial score (nSPS) is 13.6. The molecule has 1 aromatic carbocycles. The van der Waals surface area contributed by atoms with E-state index < -0.39 is 0 Å². The van der Waals surface area contributed by atoms with Gasteiger partial charge in [0.25, 0.3) is 5.91 Å². The molecule has 2 aromatic heterocycles. The zero-order chi connectivity index (χ0) is 18.8. The number of pyridine rings is 1. The summed E-state index contributed by atoms with van der Waals surface area (Å²) < 4.78 is 5.73. The van der Waals surface area contributed by atoms with E-state index >= 15 is 0 Å². The van der Waals surface area contributed by atoms with Gasteiger partial charge in [-0.05, 0) is 69.4 Å². The number of fused-ring (bicyclic) bond motifs is 3. The van der Waals surface area contributed by atoms with Crippen molar-refractivity contribution in [3.63, 3.8) is 0 Å². The Kier molecular flexibility index (Phi) is 4.84. The predicted octanol–water partition coefficient (Wildman–Crippen LogP) is 4.16. The highest BCUT2D eigenvalue weighted by molar-refractivity contribution is 5.99. The van der Waals surface area contributed by atoms with Gasteiger partial charge < -0.3 is 15.0 Å². The van der Waals surface area contributed by atoms with Crippen LogP contribution in [0.3, 0.4) is 0 Å². The molecule has 5 heteroatoms. The van der Waals surface area contributed by atoms with Crippen molar-refractivity contribution in [2.24, 2.45) is 0 Å². The van der Waals surface area contributed by atoms with Crippen LogP contribution in [0.2, 0.25) is 0 Å². The van der Waals surface area contributed by atoms with Gasteiger partial charge in [-0.15, -0.1) is 0 Å². The lowest BCUT2D eigenvalue weighted by Crippen LogP contribution is -2.23. The number of aryl methyl sites for hydroxylation is 2. The van der Waals surface area contributed by atoms with Crippen molar-refractivity contribution in [1.82, 2.24) is 15.3 Å². The highest BCUT2D eigenvalue weighted by Crippen LogP contribution is 2.29. The molecule has 0 spiro atoms. The smallest absolute Gasteiger partial charge is 0.251 e. The molecule has 2 N–H and O–H groups in total. The number of carbonyl (C=O) groups excluding carboxylic acids is 1. The van der Waals surface area contributed by atoms with Crippen molar-refractivity contribution in [1.29, 1.82) is 0 Å². The maximum absolute atomic E-state index is 12.7. The van der Waals surface area contributed by atoms with Crippen LogP contribution in [0.15, 0.2) is 36.5 Å². The Hall–Kier alpha value is -2.82. The third-order valence-electron chi connectivity index (χ3n) is 5.00. The maximum Gasteiger partial charge on any atom is 0.251 e. The molecule has 1 aliphatic rings. The van der Waals surface area contributed by atoms with Gasteiger partial charge in [-0.2, -0.15) is 0 Å². The minimum atomic E-state index is -0.0815. The summed E-state index contributed by atoms with van der Waals surface area (Å²) in [7, 11) is 0. The second-order valence-corrected chi connectivity index (χ2v) is 7.37. The number of nitrogens with one attached hydrogen (secondary N) is 2. The van der Waals surface area contributed by atoms with E-state index in [1.807, 2.05) is 44.2 Å². The monoisotopic (exact) mass is 363 g/mol. The number of aromatic amines is 1. The number of carbonyl (C=O) groups is 1. The van der Waals surface area contributed by atoms with E-state index in [1.54, 1.807) is 6.20 Å². The first kappa shape index (κ1) is 17.6. The third kappa shape index (κ3) is 3.68. The van der Waals surface area contributed by atoms with Gasteiger partial charge in [0.1, 0.15) is 0 Å². The minimum Gasteiger partial charge on any atom is -0.475 e. The largest absolute Gasteiger partial charge is 0.475 e. The lowest BCUT2D eigenvalue weighted by molar-refractivity contribution is 0.0950. The van der Waals surface area contributed by atoms with E-state index in [4.69, 9.17) is 4.74 Å². The number of hydrogen-bond donors (Lipinski definition) is 2. The molecular formula is C22H25N3O2. The van der Waals surface area contributed by atoms with Crippen molar-refractivity contribution in [2.75, 3.05) is 0 Å². The molecule has 27 heavy (non-hydrogen) atoms. The molecule has 0 fully saturated rings.